The van der Waals surface area contributed by atoms with Gasteiger partial charge >= 0.3 is 0 Å². The Morgan fingerprint density at radius 1 is 1.47 bits per heavy atom. The summed E-state index contributed by atoms with van der Waals surface area (Å²) in [7, 11) is 0. The van der Waals surface area contributed by atoms with Crippen LogP contribution in [0.2, 0.25) is 0 Å². The lowest BCUT2D eigenvalue weighted by Crippen LogP contribution is -2.04. The fourth-order valence-electron chi connectivity index (χ4n) is 1.39. The second kappa shape index (κ2) is 5.39. The van der Waals surface area contributed by atoms with Gasteiger partial charge in [-0.25, -0.2) is 0 Å². The fraction of sp³-hybridized carbons (Fsp3) is 0.417. The smallest absolute Gasteiger partial charge is 0.131 e. The van der Waals surface area contributed by atoms with Crippen molar-refractivity contribution in [1.82, 2.24) is 0 Å². The molecule has 15 heavy (non-hydrogen) atoms. The topological polar surface area (TPSA) is 41.8 Å². The standard InChI is InChI=1S/C12H17NO2/c1-4-8-15-12-9(2)6-5-7-11(12)10(3)13-14/h5-7,14H,4,8H2,1-3H3/b13-10+. The molecule has 1 aromatic carbocycles. The summed E-state index contributed by atoms with van der Waals surface area (Å²) in [6.45, 7) is 6.48. The lowest BCUT2D eigenvalue weighted by Gasteiger charge is -2.12. The minimum atomic E-state index is 0.574. The summed E-state index contributed by atoms with van der Waals surface area (Å²) < 4.78 is 5.65. The van der Waals surface area contributed by atoms with Crippen molar-refractivity contribution in [3.05, 3.63) is 29.3 Å². The molecule has 82 valence electrons. The summed E-state index contributed by atoms with van der Waals surface area (Å²) >= 11 is 0. The van der Waals surface area contributed by atoms with Gasteiger partial charge in [-0.3, -0.25) is 0 Å². The third-order valence-electron chi connectivity index (χ3n) is 2.20. The number of benzene rings is 1. The van der Waals surface area contributed by atoms with Crippen LogP contribution in [0.5, 0.6) is 5.75 Å². The highest BCUT2D eigenvalue weighted by Gasteiger charge is 2.09. The highest BCUT2D eigenvalue weighted by molar-refractivity contribution is 6.01. The van der Waals surface area contributed by atoms with E-state index in [-0.39, 0.29) is 0 Å². The van der Waals surface area contributed by atoms with Crippen LogP contribution in [-0.4, -0.2) is 17.5 Å². The fourth-order valence-corrected chi connectivity index (χ4v) is 1.39. The maximum Gasteiger partial charge on any atom is 0.131 e. The molecule has 1 rings (SSSR count). The molecule has 0 radical (unpaired) electrons. The number of para-hydroxylation sites is 1. The predicted octanol–water partition coefficient (Wildman–Crippen LogP) is 2.98. The van der Waals surface area contributed by atoms with Gasteiger partial charge in [-0.1, -0.05) is 24.2 Å². The normalized spacial score (nSPS) is 11.5. The minimum Gasteiger partial charge on any atom is -0.493 e. The summed E-state index contributed by atoms with van der Waals surface area (Å²) in [4.78, 5) is 0. The molecular formula is C12H17NO2. The van der Waals surface area contributed by atoms with Crippen molar-refractivity contribution < 1.29 is 9.94 Å². The van der Waals surface area contributed by atoms with Crippen LogP contribution >= 0.6 is 0 Å². The van der Waals surface area contributed by atoms with Crippen molar-refractivity contribution in [3.8, 4) is 5.75 Å². The molecule has 0 fully saturated rings. The van der Waals surface area contributed by atoms with Gasteiger partial charge in [0.15, 0.2) is 0 Å². The summed E-state index contributed by atoms with van der Waals surface area (Å²) in [5.41, 5.74) is 2.49. The zero-order valence-corrected chi connectivity index (χ0v) is 9.45. The van der Waals surface area contributed by atoms with Crippen LogP contribution < -0.4 is 4.74 Å². The Hall–Kier alpha value is -1.51. The quantitative estimate of drug-likeness (QED) is 0.468. The molecule has 1 aromatic rings. The monoisotopic (exact) mass is 207 g/mol. The van der Waals surface area contributed by atoms with Crippen LogP contribution in [0.15, 0.2) is 23.4 Å². The lowest BCUT2D eigenvalue weighted by atomic mass is 10.1. The first-order valence-electron chi connectivity index (χ1n) is 5.12. The second-order valence-corrected chi connectivity index (χ2v) is 3.49. The highest BCUT2D eigenvalue weighted by atomic mass is 16.5. The summed E-state index contributed by atoms with van der Waals surface area (Å²) in [5, 5.41) is 12.0. The van der Waals surface area contributed by atoms with Gasteiger partial charge in [0.2, 0.25) is 0 Å². The summed E-state index contributed by atoms with van der Waals surface area (Å²) in [5.74, 6) is 0.814. The van der Waals surface area contributed by atoms with Crippen molar-refractivity contribution in [2.24, 2.45) is 5.16 Å². The average Bonchev–Trinajstić information content (AvgIpc) is 2.26. The number of hydrogen-bond donors (Lipinski definition) is 1. The van der Waals surface area contributed by atoms with Gasteiger partial charge in [-0.2, -0.15) is 0 Å². The Balaban J connectivity index is 3.08. The molecular weight excluding hydrogens is 190 g/mol. The van der Waals surface area contributed by atoms with Crippen molar-refractivity contribution in [1.29, 1.82) is 0 Å². The van der Waals surface area contributed by atoms with Crippen LogP contribution in [0.1, 0.15) is 31.4 Å². The molecule has 0 atom stereocenters. The Morgan fingerprint density at radius 3 is 2.80 bits per heavy atom. The molecule has 0 aliphatic rings. The molecule has 0 saturated carbocycles. The van der Waals surface area contributed by atoms with E-state index in [1.165, 1.54) is 0 Å². The van der Waals surface area contributed by atoms with Crippen molar-refractivity contribution in [2.45, 2.75) is 27.2 Å². The molecule has 0 heterocycles. The molecule has 1 N–H and O–H groups in total. The largest absolute Gasteiger partial charge is 0.493 e. The van der Waals surface area contributed by atoms with Gasteiger partial charge in [0, 0.05) is 5.56 Å². The Kier molecular flexibility index (Phi) is 4.16. The van der Waals surface area contributed by atoms with Crippen molar-refractivity contribution >= 4 is 5.71 Å². The number of oxime groups is 1. The Bertz CT molecular complexity index is 359. The third-order valence-corrected chi connectivity index (χ3v) is 2.20. The number of rotatable bonds is 4. The number of ether oxygens (including phenoxy) is 1. The molecule has 0 amide bonds. The first-order valence-corrected chi connectivity index (χ1v) is 5.12. The molecule has 0 spiro atoms. The van der Waals surface area contributed by atoms with E-state index in [0.717, 1.165) is 23.3 Å². The Morgan fingerprint density at radius 2 is 2.20 bits per heavy atom. The van der Waals surface area contributed by atoms with E-state index in [9.17, 15) is 0 Å². The summed E-state index contributed by atoms with van der Waals surface area (Å²) in [6, 6.07) is 5.81. The van der Waals surface area contributed by atoms with E-state index in [1.807, 2.05) is 25.1 Å². The van der Waals surface area contributed by atoms with Gasteiger partial charge in [-0.15, -0.1) is 0 Å². The zero-order valence-electron chi connectivity index (χ0n) is 9.45. The van der Waals surface area contributed by atoms with Gasteiger partial charge < -0.3 is 9.94 Å². The van der Waals surface area contributed by atoms with E-state index in [1.54, 1.807) is 6.92 Å². The van der Waals surface area contributed by atoms with Crippen LogP contribution in [0.4, 0.5) is 0 Å². The van der Waals surface area contributed by atoms with Crippen molar-refractivity contribution in [3.63, 3.8) is 0 Å². The maximum absolute atomic E-state index is 8.76. The molecule has 0 aromatic heterocycles. The van der Waals surface area contributed by atoms with E-state index in [0.29, 0.717) is 12.3 Å². The van der Waals surface area contributed by atoms with Gasteiger partial charge in [-0.05, 0) is 31.9 Å². The molecule has 0 bridgehead atoms. The second-order valence-electron chi connectivity index (χ2n) is 3.49. The van der Waals surface area contributed by atoms with E-state index < -0.39 is 0 Å². The number of hydrogen-bond acceptors (Lipinski definition) is 3. The van der Waals surface area contributed by atoms with E-state index >= 15 is 0 Å². The lowest BCUT2D eigenvalue weighted by molar-refractivity contribution is 0.310. The van der Waals surface area contributed by atoms with E-state index in [2.05, 4.69) is 12.1 Å². The van der Waals surface area contributed by atoms with E-state index in [4.69, 9.17) is 9.94 Å². The van der Waals surface area contributed by atoms with Crippen LogP contribution in [0.3, 0.4) is 0 Å². The molecule has 3 nitrogen and oxygen atoms in total. The molecule has 3 heteroatoms. The Labute approximate surface area is 90.4 Å². The molecule has 0 aliphatic carbocycles. The van der Waals surface area contributed by atoms with Crippen LogP contribution in [0, 0.1) is 6.92 Å². The molecule has 0 unspecified atom stereocenters. The first kappa shape index (κ1) is 11.6. The maximum atomic E-state index is 8.76. The highest BCUT2D eigenvalue weighted by Crippen LogP contribution is 2.24. The summed E-state index contributed by atoms with van der Waals surface area (Å²) in [6.07, 6.45) is 0.961. The van der Waals surface area contributed by atoms with Gasteiger partial charge in [0.1, 0.15) is 5.75 Å². The molecule has 0 aliphatic heterocycles. The van der Waals surface area contributed by atoms with Crippen LogP contribution in [-0.2, 0) is 0 Å². The SMILES string of the molecule is CCCOc1c(C)cccc1/C(C)=N/O. The van der Waals surface area contributed by atoms with Gasteiger partial charge in [0.25, 0.3) is 0 Å². The van der Waals surface area contributed by atoms with Crippen LogP contribution in [0.25, 0.3) is 0 Å². The number of nitrogens with zero attached hydrogens (tertiary/aromatic N) is 1. The van der Waals surface area contributed by atoms with Crippen molar-refractivity contribution in [2.75, 3.05) is 6.61 Å². The average molecular weight is 207 g/mol. The predicted molar refractivity (Wildman–Crippen MR) is 61.0 cm³/mol. The first-order chi connectivity index (χ1) is 7.20. The molecule has 0 saturated heterocycles. The zero-order chi connectivity index (χ0) is 11.3. The third kappa shape index (κ3) is 2.72. The number of aryl methyl sites for hydroxylation is 1. The minimum absolute atomic E-state index is 0.574. The van der Waals surface area contributed by atoms with Gasteiger partial charge in [0.05, 0.1) is 12.3 Å².